The third-order valence-electron chi connectivity index (χ3n) is 4.67. The van der Waals surface area contributed by atoms with E-state index in [1.54, 1.807) is 0 Å². The van der Waals surface area contributed by atoms with Gasteiger partial charge in [-0.25, -0.2) is 0 Å². The lowest BCUT2D eigenvalue weighted by atomic mass is 9.85. The van der Waals surface area contributed by atoms with E-state index in [1.807, 2.05) is 11.8 Å². The van der Waals surface area contributed by atoms with Crippen molar-refractivity contribution in [1.29, 1.82) is 0 Å². The molecule has 0 fully saturated rings. The van der Waals surface area contributed by atoms with Crippen LogP contribution in [0, 0.1) is 20.8 Å². The fraction of sp³-hybridized carbons (Fsp3) is 0.368. The highest BCUT2D eigenvalue weighted by Gasteiger charge is 2.31. The molecule has 1 N–H and O–H groups in total. The molecular formula is C19H23NS. The summed E-state index contributed by atoms with van der Waals surface area (Å²) >= 11 is 1.99. The number of thioether (sulfide) groups is 1. The SMILES string of the molecule is CNC(c1cc(C)c(C)cc1C)C1CSc2ccccc21. The molecule has 21 heavy (non-hydrogen) atoms. The average Bonchev–Trinajstić information content (AvgIpc) is 2.89. The van der Waals surface area contributed by atoms with Crippen LogP contribution in [0.5, 0.6) is 0 Å². The Kier molecular flexibility index (Phi) is 4.10. The number of nitrogens with one attached hydrogen (secondary N) is 1. The molecule has 0 aliphatic carbocycles. The third kappa shape index (κ3) is 2.63. The van der Waals surface area contributed by atoms with E-state index in [2.05, 4.69) is 69.5 Å². The molecule has 2 aromatic carbocycles. The van der Waals surface area contributed by atoms with Gasteiger partial charge in [0.05, 0.1) is 0 Å². The van der Waals surface area contributed by atoms with E-state index in [4.69, 9.17) is 0 Å². The van der Waals surface area contributed by atoms with E-state index in [0.717, 1.165) is 5.75 Å². The fourth-order valence-corrected chi connectivity index (χ4v) is 4.65. The summed E-state index contributed by atoms with van der Waals surface area (Å²) in [7, 11) is 2.09. The molecule has 2 atom stereocenters. The van der Waals surface area contributed by atoms with Gasteiger partial charge >= 0.3 is 0 Å². The molecule has 0 spiro atoms. The van der Waals surface area contributed by atoms with Crippen molar-refractivity contribution in [1.82, 2.24) is 5.32 Å². The largest absolute Gasteiger partial charge is 0.312 e. The molecule has 0 saturated carbocycles. The van der Waals surface area contributed by atoms with E-state index >= 15 is 0 Å². The first-order chi connectivity index (χ1) is 10.1. The molecule has 110 valence electrons. The van der Waals surface area contributed by atoms with Gasteiger partial charge in [-0.2, -0.15) is 0 Å². The van der Waals surface area contributed by atoms with Crippen molar-refractivity contribution in [3.63, 3.8) is 0 Å². The summed E-state index contributed by atoms with van der Waals surface area (Å²) in [5.41, 5.74) is 7.11. The fourth-order valence-electron chi connectivity index (χ4n) is 3.35. The smallest absolute Gasteiger partial charge is 0.0398 e. The average molecular weight is 297 g/mol. The minimum Gasteiger partial charge on any atom is -0.312 e. The molecule has 1 aliphatic rings. The lowest BCUT2D eigenvalue weighted by Crippen LogP contribution is -2.25. The first-order valence-electron chi connectivity index (χ1n) is 7.58. The van der Waals surface area contributed by atoms with E-state index in [-0.39, 0.29) is 0 Å². The topological polar surface area (TPSA) is 12.0 Å². The van der Waals surface area contributed by atoms with Crippen molar-refractivity contribution in [3.8, 4) is 0 Å². The number of hydrogen-bond donors (Lipinski definition) is 1. The zero-order valence-corrected chi connectivity index (χ0v) is 14.1. The lowest BCUT2D eigenvalue weighted by Gasteiger charge is -2.26. The summed E-state index contributed by atoms with van der Waals surface area (Å²) in [5.74, 6) is 1.72. The highest BCUT2D eigenvalue weighted by Crippen LogP contribution is 2.46. The van der Waals surface area contributed by atoms with E-state index in [9.17, 15) is 0 Å². The first-order valence-corrected chi connectivity index (χ1v) is 8.57. The molecule has 3 rings (SSSR count). The summed E-state index contributed by atoms with van der Waals surface area (Å²) < 4.78 is 0. The zero-order valence-electron chi connectivity index (χ0n) is 13.2. The van der Waals surface area contributed by atoms with Gasteiger partial charge in [-0.3, -0.25) is 0 Å². The molecule has 2 heteroatoms. The van der Waals surface area contributed by atoms with Crippen LogP contribution in [0.1, 0.15) is 39.8 Å². The molecule has 1 nitrogen and oxygen atoms in total. The minimum atomic E-state index is 0.389. The first kappa shape index (κ1) is 14.7. The van der Waals surface area contributed by atoms with Gasteiger partial charge in [-0.05, 0) is 61.7 Å². The number of hydrogen-bond acceptors (Lipinski definition) is 2. The van der Waals surface area contributed by atoms with Crippen LogP contribution in [0.15, 0.2) is 41.3 Å². The number of aryl methyl sites for hydroxylation is 3. The van der Waals surface area contributed by atoms with Gasteiger partial charge in [0, 0.05) is 22.6 Å². The van der Waals surface area contributed by atoms with Gasteiger partial charge in [0.15, 0.2) is 0 Å². The molecule has 0 amide bonds. The van der Waals surface area contributed by atoms with Crippen LogP contribution >= 0.6 is 11.8 Å². The second kappa shape index (κ2) is 5.86. The zero-order chi connectivity index (χ0) is 15.0. The van der Waals surface area contributed by atoms with Crippen LogP contribution < -0.4 is 5.32 Å². The van der Waals surface area contributed by atoms with Crippen molar-refractivity contribution in [2.24, 2.45) is 0 Å². The van der Waals surface area contributed by atoms with Crippen LogP contribution in [-0.4, -0.2) is 12.8 Å². The molecule has 0 radical (unpaired) electrons. The number of likely N-dealkylation sites (N-methyl/N-ethyl adjacent to an activating group) is 1. The molecule has 0 aromatic heterocycles. The number of fused-ring (bicyclic) bond motifs is 1. The quantitative estimate of drug-likeness (QED) is 0.876. The van der Waals surface area contributed by atoms with Gasteiger partial charge in [0.1, 0.15) is 0 Å². The normalized spacial score (nSPS) is 18.6. The van der Waals surface area contributed by atoms with Gasteiger partial charge < -0.3 is 5.32 Å². The summed E-state index contributed by atoms with van der Waals surface area (Å²) in [6, 6.07) is 13.9. The predicted molar refractivity (Wildman–Crippen MR) is 92.4 cm³/mol. The standard InChI is InChI=1S/C19H23NS/c1-12-9-14(3)16(10-13(12)2)19(20-4)17-11-21-18-8-6-5-7-15(17)18/h5-10,17,19-20H,11H2,1-4H3. The summed E-state index contributed by atoms with van der Waals surface area (Å²) in [4.78, 5) is 1.45. The van der Waals surface area contributed by atoms with E-state index < -0.39 is 0 Å². The maximum absolute atomic E-state index is 3.58. The van der Waals surface area contributed by atoms with Gasteiger partial charge in [-0.1, -0.05) is 30.3 Å². The molecule has 1 heterocycles. The van der Waals surface area contributed by atoms with Crippen molar-refractivity contribution in [3.05, 3.63) is 64.2 Å². The van der Waals surface area contributed by atoms with Crippen LogP contribution in [0.25, 0.3) is 0 Å². The van der Waals surface area contributed by atoms with Gasteiger partial charge in [0.2, 0.25) is 0 Å². The highest BCUT2D eigenvalue weighted by molar-refractivity contribution is 7.99. The Bertz CT molecular complexity index is 663. The van der Waals surface area contributed by atoms with Gasteiger partial charge in [-0.15, -0.1) is 11.8 Å². The molecule has 2 unspecified atom stereocenters. The second-order valence-corrected chi connectivity index (χ2v) is 7.08. The molecule has 2 aromatic rings. The summed E-state index contributed by atoms with van der Waals surface area (Å²) in [6.07, 6.45) is 0. The molecule has 1 aliphatic heterocycles. The van der Waals surface area contributed by atoms with Gasteiger partial charge in [0.25, 0.3) is 0 Å². The summed E-state index contributed by atoms with van der Waals surface area (Å²) in [5, 5.41) is 3.58. The predicted octanol–water partition coefficient (Wildman–Crippen LogP) is 4.76. The van der Waals surface area contributed by atoms with Crippen molar-refractivity contribution >= 4 is 11.8 Å². The van der Waals surface area contributed by atoms with Crippen LogP contribution in [0.4, 0.5) is 0 Å². The number of rotatable bonds is 3. The van der Waals surface area contributed by atoms with Crippen LogP contribution in [-0.2, 0) is 0 Å². The van der Waals surface area contributed by atoms with Crippen molar-refractivity contribution in [2.45, 2.75) is 37.6 Å². The van der Waals surface area contributed by atoms with Crippen molar-refractivity contribution in [2.75, 3.05) is 12.8 Å². The van der Waals surface area contributed by atoms with E-state index in [1.165, 1.54) is 32.7 Å². The Morgan fingerprint density at radius 2 is 1.76 bits per heavy atom. The Morgan fingerprint density at radius 3 is 2.52 bits per heavy atom. The van der Waals surface area contributed by atoms with Crippen molar-refractivity contribution < 1.29 is 0 Å². The highest BCUT2D eigenvalue weighted by atomic mass is 32.2. The van der Waals surface area contributed by atoms with Crippen LogP contribution in [0.2, 0.25) is 0 Å². The Labute approximate surface area is 132 Å². The van der Waals surface area contributed by atoms with Crippen LogP contribution in [0.3, 0.4) is 0 Å². The maximum atomic E-state index is 3.58. The minimum absolute atomic E-state index is 0.389. The maximum Gasteiger partial charge on any atom is 0.0398 e. The monoisotopic (exact) mass is 297 g/mol. The second-order valence-electron chi connectivity index (χ2n) is 6.01. The van der Waals surface area contributed by atoms with E-state index in [0.29, 0.717) is 12.0 Å². The summed E-state index contributed by atoms with van der Waals surface area (Å²) in [6.45, 7) is 6.64. The molecule has 0 saturated heterocycles. The molecule has 0 bridgehead atoms. The third-order valence-corrected chi connectivity index (χ3v) is 5.88. The lowest BCUT2D eigenvalue weighted by molar-refractivity contribution is 0.512. The Morgan fingerprint density at radius 1 is 1.05 bits per heavy atom. The number of benzene rings is 2. The Hall–Kier alpha value is -1.25. The Balaban J connectivity index is 2.03. The molecular weight excluding hydrogens is 274 g/mol.